The summed E-state index contributed by atoms with van der Waals surface area (Å²) in [5.41, 5.74) is 6.64. The van der Waals surface area contributed by atoms with Crippen LogP contribution in [0.15, 0.2) is 23.3 Å². The number of anilines is 1. The quantitative estimate of drug-likeness (QED) is 0.731. The van der Waals surface area contributed by atoms with Gasteiger partial charge in [-0.15, -0.1) is 0 Å². The molecule has 0 saturated carbocycles. The number of fused-ring (bicyclic) bond motifs is 1. The molecule has 0 fully saturated rings. The molecular formula is C12H13FN4O. The van der Waals surface area contributed by atoms with Crippen LogP contribution in [-0.4, -0.2) is 22.6 Å². The highest BCUT2D eigenvalue weighted by Crippen LogP contribution is 2.24. The number of hydrogen-bond donors (Lipinski definition) is 2. The van der Waals surface area contributed by atoms with Crippen molar-refractivity contribution < 1.29 is 9.18 Å². The van der Waals surface area contributed by atoms with Crippen LogP contribution in [0, 0.1) is 12.9 Å². The van der Waals surface area contributed by atoms with E-state index in [0.717, 1.165) is 0 Å². The fraction of sp³-hybridized carbons (Fsp3) is 0.250. The Labute approximate surface area is 104 Å². The van der Waals surface area contributed by atoms with Crippen molar-refractivity contribution in [2.24, 2.45) is 10.7 Å². The van der Waals surface area contributed by atoms with Crippen LogP contribution < -0.4 is 11.1 Å². The van der Waals surface area contributed by atoms with Gasteiger partial charge in [0.05, 0.1) is 17.0 Å². The fourth-order valence-corrected chi connectivity index (χ4v) is 1.76. The van der Waals surface area contributed by atoms with Crippen LogP contribution in [-0.2, 0) is 4.79 Å². The molecule has 1 amide bonds. The lowest BCUT2D eigenvalue weighted by molar-refractivity contribution is -0.116. The van der Waals surface area contributed by atoms with E-state index < -0.39 is 12.0 Å². The van der Waals surface area contributed by atoms with Gasteiger partial charge < -0.3 is 11.1 Å². The van der Waals surface area contributed by atoms with E-state index >= 15 is 0 Å². The number of hydrogen-bond acceptors (Lipinski definition) is 4. The molecule has 1 atom stereocenters. The first-order chi connectivity index (χ1) is 8.52. The standard InChI is InChI=1S/C12H13FN4O/c1-6-5-9-10(11(13)15-6)8(3-4-14)16-7(2)12(18)17-9/h3-5,7H,14H2,1-2H3,(H,17,18)/b4-3-. The lowest BCUT2D eigenvalue weighted by Gasteiger charge is -2.09. The first kappa shape index (κ1) is 12.2. The van der Waals surface area contributed by atoms with Gasteiger partial charge in [-0.25, -0.2) is 4.98 Å². The highest BCUT2D eigenvalue weighted by molar-refractivity contribution is 6.16. The molecule has 1 aromatic heterocycles. The van der Waals surface area contributed by atoms with Gasteiger partial charge in [-0.2, -0.15) is 4.39 Å². The number of aliphatic imine (C=N–C) groups is 1. The third-order valence-corrected chi connectivity index (χ3v) is 2.58. The number of carbonyl (C=O) groups is 1. The molecule has 3 N–H and O–H groups in total. The van der Waals surface area contributed by atoms with Crippen molar-refractivity contribution in [3.63, 3.8) is 0 Å². The molecule has 1 unspecified atom stereocenters. The first-order valence-electron chi connectivity index (χ1n) is 5.47. The fourth-order valence-electron chi connectivity index (χ4n) is 1.76. The summed E-state index contributed by atoms with van der Waals surface area (Å²) in [6.07, 6.45) is 2.71. The molecule has 0 aromatic carbocycles. The van der Waals surface area contributed by atoms with Gasteiger partial charge in [0.15, 0.2) is 0 Å². The molecule has 0 bridgehead atoms. The number of aryl methyl sites for hydroxylation is 1. The number of nitrogens with two attached hydrogens (primary N) is 1. The third kappa shape index (κ3) is 2.09. The zero-order chi connectivity index (χ0) is 13.3. The molecule has 2 heterocycles. The predicted octanol–water partition coefficient (Wildman–Crippen LogP) is 1.13. The van der Waals surface area contributed by atoms with E-state index in [0.29, 0.717) is 17.1 Å². The molecule has 1 aromatic rings. The van der Waals surface area contributed by atoms with Crippen molar-refractivity contribution in [2.45, 2.75) is 19.9 Å². The Kier molecular flexibility index (Phi) is 3.10. The number of nitrogens with zero attached hydrogens (tertiary/aromatic N) is 2. The maximum atomic E-state index is 13.9. The predicted molar refractivity (Wildman–Crippen MR) is 66.9 cm³/mol. The summed E-state index contributed by atoms with van der Waals surface area (Å²) in [5.74, 6) is -0.960. The Balaban J connectivity index is 2.69. The lowest BCUT2D eigenvalue weighted by atomic mass is 10.1. The zero-order valence-electron chi connectivity index (χ0n) is 10.1. The summed E-state index contributed by atoms with van der Waals surface area (Å²) in [6.45, 7) is 3.28. The van der Waals surface area contributed by atoms with E-state index in [9.17, 15) is 9.18 Å². The molecule has 0 saturated heterocycles. The SMILES string of the molecule is Cc1cc2c(c(F)n1)C(/C=C\N)=NC(C)C(=O)N2. The molecule has 5 nitrogen and oxygen atoms in total. The van der Waals surface area contributed by atoms with E-state index in [-0.39, 0.29) is 11.5 Å². The Hall–Kier alpha value is -2.24. The maximum Gasteiger partial charge on any atom is 0.248 e. The Bertz CT molecular complexity index is 565. The second-order valence-corrected chi connectivity index (χ2v) is 4.02. The number of halogens is 1. The molecule has 1 aliphatic rings. The maximum absolute atomic E-state index is 13.9. The Morgan fingerprint density at radius 1 is 1.56 bits per heavy atom. The van der Waals surface area contributed by atoms with E-state index in [4.69, 9.17) is 5.73 Å². The summed E-state index contributed by atoms with van der Waals surface area (Å²) in [5, 5.41) is 2.63. The van der Waals surface area contributed by atoms with Crippen LogP contribution in [0.1, 0.15) is 18.2 Å². The molecule has 18 heavy (non-hydrogen) atoms. The molecule has 94 valence electrons. The smallest absolute Gasteiger partial charge is 0.248 e. The highest BCUT2D eigenvalue weighted by atomic mass is 19.1. The number of pyridine rings is 1. The number of nitrogens with one attached hydrogen (secondary N) is 1. The summed E-state index contributed by atoms with van der Waals surface area (Å²) < 4.78 is 13.9. The van der Waals surface area contributed by atoms with E-state index in [2.05, 4.69) is 15.3 Å². The second-order valence-electron chi connectivity index (χ2n) is 4.02. The Morgan fingerprint density at radius 2 is 2.28 bits per heavy atom. The Morgan fingerprint density at radius 3 is 2.94 bits per heavy atom. The molecule has 1 aliphatic heterocycles. The van der Waals surface area contributed by atoms with E-state index in [1.54, 1.807) is 19.9 Å². The van der Waals surface area contributed by atoms with Gasteiger partial charge in [0.25, 0.3) is 0 Å². The van der Waals surface area contributed by atoms with Crippen LogP contribution in [0.4, 0.5) is 10.1 Å². The number of carbonyl (C=O) groups excluding carboxylic acids is 1. The van der Waals surface area contributed by atoms with E-state index in [1.807, 2.05) is 0 Å². The molecular weight excluding hydrogens is 235 g/mol. The van der Waals surface area contributed by atoms with Crippen LogP contribution in [0.5, 0.6) is 0 Å². The number of rotatable bonds is 1. The van der Waals surface area contributed by atoms with Gasteiger partial charge >= 0.3 is 0 Å². The average molecular weight is 248 g/mol. The molecule has 0 aliphatic carbocycles. The monoisotopic (exact) mass is 248 g/mol. The van der Waals surface area contributed by atoms with Crippen molar-refractivity contribution in [3.05, 3.63) is 35.5 Å². The van der Waals surface area contributed by atoms with Gasteiger partial charge in [0.2, 0.25) is 11.9 Å². The number of amides is 1. The number of allylic oxidation sites excluding steroid dienone is 1. The normalized spacial score (nSPS) is 19.2. The van der Waals surface area contributed by atoms with Gasteiger partial charge in [0, 0.05) is 5.69 Å². The summed E-state index contributed by atoms with van der Waals surface area (Å²) in [7, 11) is 0. The van der Waals surface area contributed by atoms with Crippen LogP contribution in [0.25, 0.3) is 0 Å². The van der Waals surface area contributed by atoms with Crippen LogP contribution in [0.2, 0.25) is 0 Å². The molecule has 0 radical (unpaired) electrons. The van der Waals surface area contributed by atoms with Crippen molar-refractivity contribution in [2.75, 3.05) is 5.32 Å². The minimum Gasteiger partial charge on any atom is -0.405 e. The average Bonchev–Trinajstić information content (AvgIpc) is 2.37. The minimum absolute atomic E-state index is 0.167. The van der Waals surface area contributed by atoms with Gasteiger partial charge in [0.1, 0.15) is 6.04 Å². The zero-order valence-corrected chi connectivity index (χ0v) is 10.1. The summed E-state index contributed by atoms with van der Waals surface area (Å²) in [6, 6.07) is 0.997. The highest BCUT2D eigenvalue weighted by Gasteiger charge is 2.24. The molecule has 6 heteroatoms. The lowest BCUT2D eigenvalue weighted by Crippen LogP contribution is -2.22. The first-order valence-corrected chi connectivity index (χ1v) is 5.47. The number of aromatic nitrogens is 1. The van der Waals surface area contributed by atoms with Crippen molar-refractivity contribution >= 4 is 17.3 Å². The topological polar surface area (TPSA) is 80.4 Å². The molecule has 0 spiro atoms. The van der Waals surface area contributed by atoms with Crippen molar-refractivity contribution in [3.8, 4) is 0 Å². The largest absolute Gasteiger partial charge is 0.405 e. The second kappa shape index (κ2) is 4.56. The minimum atomic E-state index is -0.670. The van der Waals surface area contributed by atoms with Gasteiger partial charge in [-0.1, -0.05) is 0 Å². The van der Waals surface area contributed by atoms with Crippen molar-refractivity contribution in [1.82, 2.24) is 4.98 Å². The summed E-state index contributed by atoms with van der Waals surface area (Å²) in [4.78, 5) is 19.6. The summed E-state index contributed by atoms with van der Waals surface area (Å²) >= 11 is 0. The van der Waals surface area contributed by atoms with Gasteiger partial charge in [-0.05, 0) is 32.2 Å². The van der Waals surface area contributed by atoms with E-state index in [1.165, 1.54) is 12.3 Å². The molecule has 2 rings (SSSR count). The third-order valence-electron chi connectivity index (χ3n) is 2.58. The van der Waals surface area contributed by atoms with Crippen LogP contribution >= 0.6 is 0 Å². The van der Waals surface area contributed by atoms with Gasteiger partial charge in [-0.3, -0.25) is 9.79 Å². The van der Waals surface area contributed by atoms with Crippen LogP contribution in [0.3, 0.4) is 0 Å². The van der Waals surface area contributed by atoms with Crippen molar-refractivity contribution in [1.29, 1.82) is 0 Å².